The molecule has 1 aliphatic carbocycles. The zero-order valence-corrected chi connectivity index (χ0v) is 7.55. The van der Waals surface area contributed by atoms with E-state index in [9.17, 15) is 8.78 Å². The van der Waals surface area contributed by atoms with E-state index in [-0.39, 0.29) is 25.1 Å². The Balaban J connectivity index is 1.83. The molecule has 2 atom stereocenters. The minimum absolute atomic E-state index is 0.0240. The van der Waals surface area contributed by atoms with Gasteiger partial charge >= 0.3 is 0 Å². The third kappa shape index (κ3) is 1.83. The van der Waals surface area contributed by atoms with Crippen molar-refractivity contribution in [3.05, 3.63) is 0 Å². The summed E-state index contributed by atoms with van der Waals surface area (Å²) in [6.07, 6.45) is -0.661. The predicted octanol–water partition coefficient (Wildman–Crippen LogP) is 0.751. The molecule has 76 valence electrons. The zero-order chi connectivity index (χ0) is 9.47. The lowest BCUT2D eigenvalue weighted by molar-refractivity contribution is 0.157. The van der Waals surface area contributed by atoms with Crippen LogP contribution in [0.2, 0.25) is 0 Å². The van der Waals surface area contributed by atoms with Gasteiger partial charge in [-0.3, -0.25) is 4.90 Å². The molecule has 1 saturated carbocycles. The largest absolute Gasteiger partial charge is 0.396 e. The van der Waals surface area contributed by atoms with Crippen molar-refractivity contribution in [3.8, 4) is 0 Å². The Morgan fingerprint density at radius 2 is 1.77 bits per heavy atom. The summed E-state index contributed by atoms with van der Waals surface area (Å²) in [6, 6.07) is 0. The van der Waals surface area contributed by atoms with Crippen LogP contribution in [0.5, 0.6) is 0 Å². The molecule has 0 radical (unpaired) electrons. The molecule has 0 aromatic rings. The van der Waals surface area contributed by atoms with Gasteiger partial charge in [-0.05, 0) is 12.8 Å². The number of hydrogen-bond acceptors (Lipinski definition) is 2. The Morgan fingerprint density at radius 3 is 2.15 bits per heavy atom. The number of aliphatic hydroxyl groups is 1. The first-order chi connectivity index (χ1) is 6.15. The number of nitrogens with zero attached hydrogens (tertiary/aromatic N) is 1. The van der Waals surface area contributed by atoms with Crippen LogP contribution < -0.4 is 0 Å². The minimum Gasteiger partial charge on any atom is -0.396 e. The highest BCUT2D eigenvalue weighted by Gasteiger charge is 2.45. The van der Waals surface area contributed by atoms with Crippen molar-refractivity contribution in [1.82, 2.24) is 4.90 Å². The standard InChI is InChI=1S/C9H15F2NO/c10-7-3-12(4-8(7)11)5-9(6-13)1-2-9/h7-8,13H,1-6H2. The van der Waals surface area contributed by atoms with Gasteiger partial charge in [-0.2, -0.15) is 0 Å². The van der Waals surface area contributed by atoms with Gasteiger partial charge in [0.2, 0.25) is 0 Å². The van der Waals surface area contributed by atoms with Crippen molar-refractivity contribution in [3.63, 3.8) is 0 Å². The second-order valence-electron chi connectivity index (χ2n) is 4.38. The topological polar surface area (TPSA) is 23.5 Å². The molecule has 13 heavy (non-hydrogen) atoms. The van der Waals surface area contributed by atoms with Gasteiger partial charge in [-0.1, -0.05) is 0 Å². The molecule has 1 aliphatic heterocycles. The maximum absolute atomic E-state index is 12.8. The van der Waals surface area contributed by atoms with Gasteiger partial charge in [-0.25, -0.2) is 8.78 Å². The molecule has 1 N–H and O–H groups in total. The Kier molecular flexibility index (Phi) is 2.28. The molecule has 0 spiro atoms. The van der Waals surface area contributed by atoms with Crippen molar-refractivity contribution < 1.29 is 13.9 Å². The van der Waals surface area contributed by atoms with Crippen LogP contribution in [-0.4, -0.2) is 48.6 Å². The number of alkyl halides is 2. The summed E-state index contributed by atoms with van der Waals surface area (Å²) >= 11 is 0. The van der Waals surface area contributed by atoms with Crippen LogP contribution in [0.25, 0.3) is 0 Å². The van der Waals surface area contributed by atoms with Crippen molar-refractivity contribution in [1.29, 1.82) is 0 Å². The summed E-state index contributed by atoms with van der Waals surface area (Å²) in [5.41, 5.74) is -0.0240. The summed E-state index contributed by atoms with van der Waals surface area (Å²) < 4.78 is 25.6. The normalized spacial score (nSPS) is 38.1. The monoisotopic (exact) mass is 191 g/mol. The van der Waals surface area contributed by atoms with Crippen LogP contribution in [-0.2, 0) is 0 Å². The van der Waals surface area contributed by atoms with Gasteiger partial charge in [-0.15, -0.1) is 0 Å². The third-order valence-corrected chi connectivity index (χ3v) is 3.11. The second kappa shape index (κ2) is 3.17. The van der Waals surface area contributed by atoms with Gasteiger partial charge in [0.25, 0.3) is 0 Å². The van der Waals surface area contributed by atoms with Crippen molar-refractivity contribution in [2.45, 2.75) is 25.2 Å². The van der Waals surface area contributed by atoms with Crippen molar-refractivity contribution in [2.24, 2.45) is 5.41 Å². The highest BCUT2D eigenvalue weighted by molar-refractivity contribution is 4.97. The molecule has 1 saturated heterocycles. The molecular formula is C9H15F2NO. The Bertz CT molecular complexity index is 186. The van der Waals surface area contributed by atoms with Crippen LogP contribution in [0, 0.1) is 5.41 Å². The molecule has 0 aromatic carbocycles. The number of halogens is 2. The first-order valence-electron chi connectivity index (χ1n) is 4.77. The lowest BCUT2D eigenvalue weighted by atomic mass is 10.1. The Labute approximate surface area is 76.5 Å². The van der Waals surface area contributed by atoms with E-state index < -0.39 is 12.3 Å². The van der Waals surface area contributed by atoms with Crippen LogP contribution >= 0.6 is 0 Å². The molecule has 2 nitrogen and oxygen atoms in total. The lowest BCUT2D eigenvalue weighted by Gasteiger charge is -2.20. The summed E-state index contributed by atoms with van der Waals surface area (Å²) in [5.74, 6) is 0. The smallest absolute Gasteiger partial charge is 0.145 e. The molecular weight excluding hydrogens is 176 g/mol. The molecule has 4 heteroatoms. The maximum atomic E-state index is 12.8. The van der Waals surface area contributed by atoms with Crippen LogP contribution in [0.4, 0.5) is 8.78 Å². The minimum atomic E-state index is -1.32. The van der Waals surface area contributed by atoms with E-state index in [1.807, 2.05) is 0 Å². The number of aliphatic hydroxyl groups excluding tert-OH is 1. The van der Waals surface area contributed by atoms with Crippen LogP contribution in [0.3, 0.4) is 0 Å². The fraction of sp³-hybridized carbons (Fsp3) is 1.00. The zero-order valence-electron chi connectivity index (χ0n) is 7.55. The maximum Gasteiger partial charge on any atom is 0.145 e. The highest BCUT2D eigenvalue weighted by atomic mass is 19.2. The number of rotatable bonds is 3. The summed E-state index contributed by atoms with van der Waals surface area (Å²) in [4.78, 5) is 1.79. The van der Waals surface area contributed by atoms with Gasteiger partial charge in [0, 0.05) is 31.7 Å². The molecule has 2 rings (SSSR count). The fourth-order valence-corrected chi connectivity index (χ4v) is 1.94. The fourth-order valence-electron chi connectivity index (χ4n) is 1.94. The third-order valence-electron chi connectivity index (χ3n) is 3.11. The molecule has 1 heterocycles. The quantitative estimate of drug-likeness (QED) is 0.711. The summed E-state index contributed by atoms with van der Waals surface area (Å²) in [7, 11) is 0. The van der Waals surface area contributed by atoms with E-state index in [0.717, 1.165) is 12.8 Å². The van der Waals surface area contributed by atoms with Crippen molar-refractivity contribution in [2.75, 3.05) is 26.2 Å². The van der Waals surface area contributed by atoms with Crippen LogP contribution in [0.15, 0.2) is 0 Å². The summed E-state index contributed by atoms with van der Waals surface area (Å²) in [5, 5.41) is 9.03. The van der Waals surface area contributed by atoms with E-state index in [0.29, 0.717) is 6.54 Å². The average molecular weight is 191 g/mol. The Hall–Kier alpha value is -0.220. The molecule has 2 unspecified atom stereocenters. The first kappa shape index (κ1) is 9.34. The number of hydrogen-bond donors (Lipinski definition) is 1. The van der Waals surface area contributed by atoms with E-state index in [4.69, 9.17) is 5.11 Å². The SMILES string of the molecule is OCC1(CN2CC(F)C(F)C2)CC1. The van der Waals surface area contributed by atoms with E-state index >= 15 is 0 Å². The highest BCUT2D eigenvalue weighted by Crippen LogP contribution is 2.46. The molecule has 0 aromatic heterocycles. The predicted molar refractivity (Wildman–Crippen MR) is 45.0 cm³/mol. The van der Waals surface area contributed by atoms with E-state index in [1.165, 1.54) is 0 Å². The molecule has 0 amide bonds. The summed E-state index contributed by atoms with van der Waals surface area (Å²) in [6.45, 7) is 1.20. The van der Waals surface area contributed by atoms with Gasteiger partial charge in [0.1, 0.15) is 12.3 Å². The Morgan fingerprint density at radius 1 is 1.23 bits per heavy atom. The van der Waals surface area contributed by atoms with E-state index in [1.54, 1.807) is 4.90 Å². The van der Waals surface area contributed by atoms with Crippen molar-refractivity contribution >= 4 is 0 Å². The van der Waals surface area contributed by atoms with Crippen LogP contribution in [0.1, 0.15) is 12.8 Å². The lowest BCUT2D eigenvalue weighted by Crippen LogP contribution is -2.30. The first-order valence-corrected chi connectivity index (χ1v) is 4.77. The van der Waals surface area contributed by atoms with Gasteiger partial charge in [0.05, 0.1) is 0 Å². The van der Waals surface area contributed by atoms with Gasteiger partial charge in [0.15, 0.2) is 0 Å². The molecule has 2 fully saturated rings. The second-order valence-corrected chi connectivity index (χ2v) is 4.38. The van der Waals surface area contributed by atoms with Gasteiger partial charge < -0.3 is 5.11 Å². The average Bonchev–Trinajstić information content (AvgIpc) is 2.78. The van der Waals surface area contributed by atoms with E-state index in [2.05, 4.69) is 0 Å². The number of likely N-dealkylation sites (tertiary alicyclic amines) is 1. The molecule has 0 bridgehead atoms. The molecule has 2 aliphatic rings.